The van der Waals surface area contributed by atoms with Crippen LogP contribution in [0.4, 0.5) is 0 Å². The first-order chi connectivity index (χ1) is 9.11. The Morgan fingerprint density at radius 1 is 1.30 bits per heavy atom. The van der Waals surface area contributed by atoms with Crippen molar-refractivity contribution in [1.29, 1.82) is 0 Å². The van der Waals surface area contributed by atoms with Crippen LogP contribution in [0.5, 0.6) is 0 Å². The van der Waals surface area contributed by atoms with Gasteiger partial charge in [0.25, 0.3) is 5.91 Å². The lowest BCUT2D eigenvalue weighted by molar-refractivity contribution is -0.138. The van der Waals surface area contributed by atoms with E-state index in [0.717, 1.165) is 0 Å². The maximum Gasteiger partial charge on any atom is 0.305 e. The third-order valence-electron chi connectivity index (χ3n) is 2.91. The summed E-state index contributed by atoms with van der Waals surface area (Å²) in [6, 6.07) is 4.05. The fraction of sp³-hybridized carbons (Fsp3) is 0.429. The SMILES string of the molecule is CC(C)(C)C(CC(=O)O)NC(=O)c1ccc(Cl)cc1Cl. The molecule has 1 rings (SSSR count). The van der Waals surface area contributed by atoms with E-state index in [4.69, 9.17) is 28.3 Å². The van der Waals surface area contributed by atoms with Gasteiger partial charge in [-0.25, -0.2) is 0 Å². The molecule has 0 saturated carbocycles. The number of rotatable bonds is 4. The number of halogens is 2. The Hall–Kier alpha value is -1.26. The smallest absolute Gasteiger partial charge is 0.305 e. The van der Waals surface area contributed by atoms with Crippen LogP contribution in [0.25, 0.3) is 0 Å². The molecule has 0 bridgehead atoms. The second-order valence-corrected chi connectivity index (χ2v) is 6.46. The zero-order valence-corrected chi connectivity index (χ0v) is 13.0. The molecule has 1 amide bonds. The Bertz CT molecular complexity index is 524. The van der Waals surface area contributed by atoms with Crippen molar-refractivity contribution in [2.75, 3.05) is 0 Å². The number of hydrogen-bond acceptors (Lipinski definition) is 2. The third kappa shape index (κ3) is 4.69. The van der Waals surface area contributed by atoms with Crippen molar-refractivity contribution in [1.82, 2.24) is 5.32 Å². The second kappa shape index (κ2) is 6.46. The minimum absolute atomic E-state index is 0.152. The number of carbonyl (C=O) groups excluding carboxylic acids is 1. The van der Waals surface area contributed by atoms with Gasteiger partial charge < -0.3 is 10.4 Å². The molecule has 1 atom stereocenters. The molecule has 20 heavy (non-hydrogen) atoms. The van der Waals surface area contributed by atoms with Gasteiger partial charge in [-0.15, -0.1) is 0 Å². The van der Waals surface area contributed by atoms with Crippen molar-refractivity contribution in [3.05, 3.63) is 33.8 Å². The summed E-state index contributed by atoms with van der Waals surface area (Å²) in [5.74, 6) is -1.37. The largest absolute Gasteiger partial charge is 0.481 e. The summed E-state index contributed by atoms with van der Waals surface area (Å²) < 4.78 is 0. The van der Waals surface area contributed by atoms with Crippen molar-refractivity contribution in [2.45, 2.75) is 33.2 Å². The highest BCUT2D eigenvalue weighted by atomic mass is 35.5. The van der Waals surface area contributed by atoms with E-state index in [-0.39, 0.29) is 22.4 Å². The Balaban J connectivity index is 2.93. The van der Waals surface area contributed by atoms with E-state index < -0.39 is 17.9 Å². The van der Waals surface area contributed by atoms with Gasteiger partial charge in [0.05, 0.1) is 17.0 Å². The van der Waals surface area contributed by atoms with Crippen LogP contribution in [-0.4, -0.2) is 23.0 Å². The molecule has 4 nitrogen and oxygen atoms in total. The first-order valence-corrected chi connectivity index (χ1v) is 6.84. The Labute approximate surface area is 128 Å². The third-order valence-corrected chi connectivity index (χ3v) is 3.45. The summed E-state index contributed by atoms with van der Waals surface area (Å²) in [6.07, 6.45) is -0.152. The molecule has 0 aliphatic heterocycles. The lowest BCUT2D eigenvalue weighted by Gasteiger charge is -2.30. The van der Waals surface area contributed by atoms with Crippen LogP contribution in [0.1, 0.15) is 37.6 Å². The number of hydrogen-bond donors (Lipinski definition) is 2. The van der Waals surface area contributed by atoms with Crippen molar-refractivity contribution >= 4 is 35.1 Å². The van der Waals surface area contributed by atoms with Crippen LogP contribution in [-0.2, 0) is 4.79 Å². The average molecular weight is 318 g/mol. The van der Waals surface area contributed by atoms with Gasteiger partial charge in [0.2, 0.25) is 0 Å². The van der Waals surface area contributed by atoms with Gasteiger partial charge in [-0.05, 0) is 23.6 Å². The average Bonchev–Trinajstić information content (AvgIpc) is 2.25. The van der Waals surface area contributed by atoms with Crippen LogP contribution >= 0.6 is 23.2 Å². The van der Waals surface area contributed by atoms with Gasteiger partial charge >= 0.3 is 5.97 Å². The van der Waals surface area contributed by atoms with Crippen LogP contribution in [0.2, 0.25) is 10.0 Å². The van der Waals surface area contributed by atoms with Crippen LogP contribution in [0.15, 0.2) is 18.2 Å². The zero-order chi connectivity index (χ0) is 15.5. The molecule has 0 saturated heterocycles. The summed E-state index contributed by atoms with van der Waals surface area (Å²) in [7, 11) is 0. The van der Waals surface area contributed by atoms with E-state index in [1.165, 1.54) is 12.1 Å². The van der Waals surface area contributed by atoms with Gasteiger partial charge in [0, 0.05) is 11.1 Å². The fourth-order valence-corrected chi connectivity index (χ4v) is 2.15. The van der Waals surface area contributed by atoms with E-state index >= 15 is 0 Å². The van der Waals surface area contributed by atoms with E-state index in [1.54, 1.807) is 6.07 Å². The van der Waals surface area contributed by atoms with Crippen LogP contribution in [0.3, 0.4) is 0 Å². The van der Waals surface area contributed by atoms with Crippen molar-refractivity contribution in [3.8, 4) is 0 Å². The monoisotopic (exact) mass is 317 g/mol. The summed E-state index contributed by atoms with van der Waals surface area (Å²) in [4.78, 5) is 23.1. The number of carbonyl (C=O) groups is 2. The predicted molar refractivity (Wildman–Crippen MR) is 79.4 cm³/mol. The number of benzene rings is 1. The van der Waals surface area contributed by atoms with Crippen molar-refractivity contribution in [3.63, 3.8) is 0 Å². The second-order valence-electron chi connectivity index (χ2n) is 5.61. The molecule has 1 aromatic rings. The molecule has 0 aliphatic carbocycles. The molecule has 1 unspecified atom stereocenters. The van der Waals surface area contributed by atoms with Crippen LogP contribution < -0.4 is 5.32 Å². The Kier molecular flexibility index (Phi) is 5.42. The Morgan fingerprint density at radius 2 is 1.90 bits per heavy atom. The van der Waals surface area contributed by atoms with Crippen LogP contribution in [0, 0.1) is 5.41 Å². The highest BCUT2D eigenvalue weighted by Gasteiger charge is 2.29. The zero-order valence-electron chi connectivity index (χ0n) is 11.5. The summed E-state index contributed by atoms with van der Waals surface area (Å²) >= 11 is 11.7. The molecule has 0 radical (unpaired) electrons. The lowest BCUT2D eigenvalue weighted by Crippen LogP contribution is -2.45. The van der Waals surface area contributed by atoms with Crippen molar-refractivity contribution in [2.24, 2.45) is 5.41 Å². The van der Waals surface area contributed by atoms with Gasteiger partial charge in [-0.1, -0.05) is 44.0 Å². The molecule has 6 heteroatoms. The van der Waals surface area contributed by atoms with Gasteiger partial charge in [0.15, 0.2) is 0 Å². The molecule has 0 fully saturated rings. The van der Waals surface area contributed by atoms with E-state index in [0.29, 0.717) is 5.02 Å². The highest BCUT2D eigenvalue weighted by molar-refractivity contribution is 6.36. The predicted octanol–water partition coefficient (Wildman–Crippen LogP) is 3.61. The minimum atomic E-state index is -0.965. The molecular formula is C14H17Cl2NO3. The number of carboxylic acids is 1. The fourth-order valence-electron chi connectivity index (χ4n) is 1.66. The molecule has 0 spiro atoms. The first kappa shape index (κ1) is 16.8. The lowest BCUT2D eigenvalue weighted by atomic mass is 9.84. The molecule has 0 heterocycles. The maximum atomic E-state index is 12.2. The highest BCUT2D eigenvalue weighted by Crippen LogP contribution is 2.24. The molecule has 0 aromatic heterocycles. The van der Waals surface area contributed by atoms with E-state index in [1.807, 2.05) is 20.8 Å². The normalized spacial score (nSPS) is 12.8. The van der Waals surface area contributed by atoms with Crippen molar-refractivity contribution < 1.29 is 14.7 Å². The Morgan fingerprint density at radius 3 is 2.35 bits per heavy atom. The molecule has 110 valence electrons. The minimum Gasteiger partial charge on any atom is -0.481 e. The standard InChI is InChI=1S/C14H17Cl2NO3/c1-14(2,3)11(7-12(18)19)17-13(20)9-5-4-8(15)6-10(9)16/h4-6,11H,7H2,1-3H3,(H,17,20)(H,18,19). The van der Waals surface area contributed by atoms with E-state index in [9.17, 15) is 9.59 Å². The maximum absolute atomic E-state index is 12.2. The number of nitrogens with one attached hydrogen (secondary N) is 1. The summed E-state index contributed by atoms with van der Waals surface area (Å²) in [6.45, 7) is 5.60. The molecule has 1 aromatic carbocycles. The quantitative estimate of drug-likeness (QED) is 0.891. The summed E-state index contributed by atoms with van der Waals surface area (Å²) in [5, 5.41) is 12.3. The molecule has 2 N–H and O–H groups in total. The van der Waals surface area contributed by atoms with Gasteiger partial charge in [-0.3, -0.25) is 9.59 Å². The molecular weight excluding hydrogens is 301 g/mol. The molecule has 0 aliphatic rings. The number of aliphatic carboxylic acids is 1. The van der Waals surface area contributed by atoms with E-state index in [2.05, 4.69) is 5.32 Å². The first-order valence-electron chi connectivity index (χ1n) is 6.09. The van der Waals surface area contributed by atoms with Gasteiger partial charge in [-0.2, -0.15) is 0 Å². The number of carboxylic acid groups (broad SMARTS) is 1. The topological polar surface area (TPSA) is 66.4 Å². The summed E-state index contributed by atoms with van der Waals surface area (Å²) in [5.41, 5.74) is -0.108. The number of amides is 1. The van der Waals surface area contributed by atoms with Gasteiger partial charge in [0.1, 0.15) is 0 Å².